The number of hydrogen-bond donors (Lipinski definition) is 7. The summed E-state index contributed by atoms with van der Waals surface area (Å²) >= 11 is 0. The van der Waals surface area contributed by atoms with E-state index in [0.717, 1.165) is 24.8 Å². The number of esters is 1. The fraction of sp³-hybridized carbons (Fsp3) is 0.861. The molecule has 0 spiro atoms. The Hall–Kier alpha value is -1.37. The molecular weight excluding hydrogens is 592 g/mol. The molecule has 10 heteroatoms. The lowest BCUT2D eigenvalue weighted by atomic mass is 9.36. The normalized spacial score (nSPS) is 50.0. The Labute approximate surface area is 273 Å². The molecule has 0 radical (unpaired) electrons. The monoisotopic (exact) mass is 650 g/mol. The second-order valence-corrected chi connectivity index (χ2v) is 16.5. The summed E-state index contributed by atoms with van der Waals surface area (Å²) in [6.45, 7) is 12.0. The lowest BCUT2D eigenvalue weighted by Crippen LogP contribution is -2.64. The molecule has 1 saturated heterocycles. The molecule has 0 bridgehead atoms. The van der Waals surface area contributed by atoms with E-state index in [1.54, 1.807) is 6.92 Å². The Morgan fingerprint density at radius 3 is 2.30 bits per heavy atom. The van der Waals surface area contributed by atoms with Crippen LogP contribution < -0.4 is 0 Å². The largest absolute Gasteiger partial charge is 0.432 e. The van der Waals surface area contributed by atoms with E-state index >= 15 is 0 Å². The van der Waals surface area contributed by atoms with Crippen LogP contribution in [-0.4, -0.2) is 97.8 Å². The van der Waals surface area contributed by atoms with Crippen LogP contribution in [0, 0.1) is 44.8 Å². The summed E-state index contributed by atoms with van der Waals surface area (Å²) in [6.07, 6.45) is 3.17. The van der Waals surface area contributed by atoms with Crippen LogP contribution >= 0.6 is 0 Å². The van der Waals surface area contributed by atoms with Crippen LogP contribution in [0.3, 0.4) is 0 Å². The van der Waals surface area contributed by atoms with Gasteiger partial charge >= 0.3 is 5.97 Å². The van der Waals surface area contributed by atoms with Gasteiger partial charge in [0.25, 0.3) is 0 Å². The molecule has 5 rings (SSSR count). The van der Waals surface area contributed by atoms with Crippen molar-refractivity contribution in [1.82, 2.24) is 0 Å². The maximum Gasteiger partial charge on any atom is 0.318 e. The van der Waals surface area contributed by atoms with Crippen molar-refractivity contribution >= 4 is 5.97 Å². The highest BCUT2D eigenvalue weighted by Crippen LogP contribution is 2.72. The molecule has 0 aromatic heterocycles. The average Bonchev–Trinajstić information content (AvgIpc) is 3.02. The van der Waals surface area contributed by atoms with Gasteiger partial charge in [0.15, 0.2) is 0 Å². The number of rotatable bonds is 8. The van der Waals surface area contributed by atoms with Crippen LogP contribution in [0.5, 0.6) is 0 Å². The van der Waals surface area contributed by atoms with Crippen LogP contribution in [0.1, 0.15) is 92.9 Å². The summed E-state index contributed by atoms with van der Waals surface area (Å²) in [5.74, 6) is -0.308. The zero-order valence-corrected chi connectivity index (χ0v) is 28.4. The molecule has 0 amide bonds. The summed E-state index contributed by atoms with van der Waals surface area (Å²) in [5.41, 5.74) is -1.12. The maximum absolute atomic E-state index is 14.2. The van der Waals surface area contributed by atoms with Crippen LogP contribution in [0.2, 0.25) is 0 Å². The molecule has 2 saturated carbocycles. The van der Waals surface area contributed by atoms with Gasteiger partial charge in [-0.05, 0) is 97.9 Å². The molecule has 3 fully saturated rings. The molecule has 262 valence electrons. The van der Waals surface area contributed by atoms with Gasteiger partial charge in [-0.2, -0.15) is 0 Å². The second kappa shape index (κ2) is 12.5. The molecule has 0 unspecified atom stereocenters. The van der Waals surface area contributed by atoms with Gasteiger partial charge in [0.1, 0.15) is 24.4 Å². The summed E-state index contributed by atoms with van der Waals surface area (Å²) in [4.78, 5) is 14.2. The zero-order chi connectivity index (χ0) is 34.0. The molecule has 1 heterocycles. The maximum atomic E-state index is 14.2. The highest BCUT2D eigenvalue weighted by atomic mass is 16.7. The fourth-order valence-corrected chi connectivity index (χ4v) is 10.3. The van der Waals surface area contributed by atoms with E-state index in [9.17, 15) is 40.5 Å². The van der Waals surface area contributed by atoms with E-state index in [4.69, 9.17) is 9.47 Å². The SMILES string of the molecule is C[C@H](O)[C@H](C)CC[C@]1(C(=O)O[C@@H]2O[C@H](CO)[C@@H](O)[C@H](O)[C@H]2O)C=C2C=C[C@@H]3[C@@]4(C)CC[C@H](O)[C@@](C)(CO)[C@H]4CC[C@]3(C)[C@]2(C)CC1. The number of hydrogen-bond acceptors (Lipinski definition) is 10. The van der Waals surface area contributed by atoms with E-state index < -0.39 is 66.3 Å². The van der Waals surface area contributed by atoms with Gasteiger partial charge in [0.05, 0.1) is 30.8 Å². The first-order valence-electron chi connectivity index (χ1n) is 17.3. The Kier molecular flexibility index (Phi) is 9.77. The molecule has 46 heavy (non-hydrogen) atoms. The van der Waals surface area contributed by atoms with Gasteiger partial charge in [0.2, 0.25) is 6.29 Å². The minimum Gasteiger partial charge on any atom is -0.432 e. The Morgan fingerprint density at radius 1 is 0.978 bits per heavy atom. The molecular formula is C36H58O10. The summed E-state index contributed by atoms with van der Waals surface area (Å²) in [6, 6.07) is 0. The molecule has 7 N–H and O–H groups in total. The van der Waals surface area contributed by atoms with Crippen LogP contribution in [0.15, 0.2) is 23.8 Å². The predicted octanol–water partition coefficient (Wildman–Crippen LogP) is 2.60. The van der Waals surface area contributed by atoms with Crippen molar-refractivity contribution in [2.75, 3.05) is 13.2 Å². The predicted molar refractivity (Wildman–Crippen MR) is 170 cm³/mol. The Bertz CT molecular complexity index is 1200. The average molecular weight is 651 g/mol. The van der Waals surface area contributed by atoms with Crippen LogP contribution in [0.25, 0.3) is 0 Å². The first kappa shape index (κ1) is 35.9. The summed E-state index contributed by atoms with van der Waals surface area (Å²) in [5, 5.41) is 72.6. The van der Waals surface area contributed by atoms with Gasteiger partial charge in [-0.15, -0.1) is 0 Å². The Morgan fingerprint density at radius 2 is 1.67 bits per heavy atom. The van der Waals surface area contributed by atoms with E-state index in [1.165, 1.54) is 0 Å². The first-order valence-corrected chi connectivity index (χ1v) is 17.3. The van der Waals surface area contributed by atoms with Gasteiger partial charge < -0.3 is 45.2 Å². The number of ether oxygens (including phenoxy) is 2. The number of allylic oxidation sites excluding steroid dienone is 3. The third-order valence-corrected chi connectivity index (χ3v) is 14.2. The minimum atomic E-state index is -1.69. The third kappa shape index (κ3) is 5.34. The van der Waals surface area contributed by atoms with Crippen molar-refractivity contribution in [2.24, 2.45) is 44.8 Å². The minimum absolute atomic E-state index is 0.0477. The number of carbonyl (C=O) groups excluding carboxylic acids is 1. The number of carbonyl (C=O) groups is 1. The van der Waals surface area contributed by atoms with Crippen molar-refractivity contribution in [3.8, 4) is 0 Å². The van der Waals surface area contributed by atoms with Crippen LogP contribution in [-0.2, 0) is 14.3 Å². The van der Waals surface area contributed by atoms with E-state index in [1.807, 2.05) is 19.9 Å². The van der Waals surface area contributed by atoms with Crippen molar-refractivity contribution in [3.05, 3.63) is 23.8 Å². The topological polar surface area (TPSA) is 177 Å². The molecule has 15 atom stereocenters. The van der Waals surface area contributed by atoms with Gasteiger partial charge in [-0.1, -0.05) is 52.8 Å². The van der Waals surface area contributed by atoms with E-state index in [0.29, 0.717) is 32.1 Å². The zero-order valence-electron chi connectivity index (χ0n) is 28.4. The highest BCUT2D eigenvalue weighted by molar-refractivity contribution is 5.80. The number of aliphatic hydroxyl groups is 7. The molecule has 0 aromatic carbocycles. The number of fused-ring (bicyclic) bond motifs is 5. The first-order chi connectivity index (χ1) is 21.4. The fourth-order valence-electron chi connectivity index (χ4n) is 10.3. The van der Waals surface area contributed by atoms with Gasteiger partial charge in [-0.3, -0.25) is 4.79 Å². The Balaban J connectivity index is 1.51. The summed E-state index contributed by atoms with van der Waals surface area (Å²) in [7, 11) is 0. The smallest absolute Gasteiger partial charge is 0.318 e. The third-order valence-electron chi connectivity index (χ3n) is 14.2. The van der Waals surface area contributed by atoms with E-state index in [2.05, 4.69) is 32.9 Å². The van der Waals surface area contributed by atoms with Crippen LogP contribution in [0.4, 0.5) is 0 Å². The van der Waals surface area contributed by atoms with E-state index in [-0.39, 0.29) is 40.6 Å². The standard InChI is InChI=1S/C36H58O10/c1-20(21(2)39)9-14-36(31(44)46-30-29(43)28(42)27(41)23(18-37)45-30)16-15-34(5)22(17-36)7-8-25-32(3)12-11-26(40)33(4,19-38)24(32)10-13-35(25,34)6/h7-8,17,20-21,23-30,37-43H,9-16,18-19H2,1-6H3/t20-,21+,23-,24+,25-,26+,27-,28+,29-,30+,32+,33+,34-,35+,36-/m1/s1. The lowest BCUT2D eigenvalue weighted by Gasteiger charge is -2.68. The van der Waals surface area contributed by atoms with Crippen molar-refractivity contribution in [2.45, 2.75) is 136 Å². The lowest BCUT2D eigenvalue weighted by molar-refractivity contribution is -0.295. The van der Waals surface area contributed by atoms with Gasteiger partial charge in [0, 0.05) is 5.41 Å². The molecule has 1 aliphatic heterocycles. The molecule has 0 aromatic rings. The van der Waals surface area contributed by atoms with Crippen molar-refractivity contribution in [1.29, 1.82) is 0 Å². The summed E-state index contributed by atoms with van der Waals surface area (Å²) < 4.78 is 11.3. The highest BCUT2D eigenvalue weighted by Gasteiger charge is 2.66. The second-order valence-electron chi connectivity index (χ2n) is 16.5. The van der Waals surface area contributed by atoms with Gasteiger partial charge in [-0.25, -0.2) is 0 Å². The van der Waals surface area contributed by atoms with Crippen molar-refractivity contribution in [3.63, 3.8) is 0 Å². The molecule has 10 nitrogen and oxygen atoms in total. The number of aliphatic hydroxyl groups excluding tert-OH is 7. The van der Waals surface area contributed by atoms with Crippen molar-refractivity contribution < 1.29 is 50.0 Å². The quantitative estimate of drug-likeness (QED) is 0.193. The molecule has 4 aliphatic carbocycles. The molecule has 5 aliphatic rings.